The number of hydrogen-bond donors (Lipinski definition) is 0. The lowest BCUT2D eigenvalue weighted by Gasteiger charge is -2.33. The SMILES string of the molecule is CC1(CCC(=O)Oc2ccccc2)CCCCC1. The van der Waals surface area contributed by atoms with Gasteiger partial charge in [-0.15, -0.1) is 0 Å². The summed E-state index contributed by atoms with van der Waals surface area (Å²) in [6.45, 7) is 2.31. The Morgan fingerprint density at radius 2 is 1.83 bits per heavy atom. The molecule has 1 aliphatic rings. The summed E-state index contributed by atoms with van der Waals surface area (Å²) in [7, 11) is 0. The van der Waals surface area contributed by atoms with Crippen molar-refractivity contribution in [3.8, 4) is 5.75 Å². The zero-order valence-corrected chi connectivity index (χ0v) is 11.2. The summed E-state index contributed by atoms with van der Waals surface area (Å²) < 4.78 is 5.31. The van der Waals surface area contributed by atoms with Crippen LogP contribution in [-0.2, 0) is 4.79 Å². The molecule has 0 bridgehead atoms. The summed E-state index contributed by atoms with van der Waals surface area (Å²) in [5.74, 6) is 0.546. The van der Waals surface area contributed by atoms with Crippen molar-refractivity contribution in [1.29, 1.82) is 0 Å². The van der Waals surface area contributed by atoms with Crippen LogP contribution in [-0.4, -0.2) is 5.97 Å². The molecule has 0 saturated heterocycles. The van der Waals surface area contributed by atoms with Gasteiger partial charge in [0.05, 0.1) is 0 Å². The molecule has 2 heteroatoms. The lowest BCUT2D eigenvalue weighted by Crippen LogP contribution is -2.22. The van der Waals surface area contributed by atoms with E-state index in [1.165, 1.54) is 32.1 Å². The number of hydrogen-bond acceptors (Lipinski definition) is 2. The molecule has 0 heterocycles. The number of para-hydroxylation sites is 1. The van der Waals surface area contributed by atoms with Crippen LogP contribution in [0.1, 0.15) is 51.9 Å². The summed E-state index contributed by atoms with van der Waals surface area (Å²) in [6, 6.07) is 9.32. The van der Waals surface area contributed by atoms with Crippen LogP contribution in [0.3, 0.4) is 0 Å². The Hall–Kier alpha value is -1.31. The molecule has 1 aliphatic carbocycles. The highest BCUT2D eigenvalue weighted by Crippen LogP contribution is 2.39. The molecule has 0 atom stereocenters. The first-order valence-electron chi connectivity index (χ1n) is 6.94. The third kappa shape index (κ3) is 3.86. The van der Waals surface area contributed by atoms with E-state index in [-0.39, 0.29) is 5.97 Å². The second-order valence-corrected chi connectivity index (χ2v) is 5.66. The van der Waals surface area contributed by atoms with Crippen LogP contribution >= 0.6 is 0 Å². The Morgan fingerprint density at radius 1 is 1.17 bits per heavy atom. The average Bonchev–Trinajstić information content (AvgIpc) is 2.39. The fourth-order valence-electron chi connectivity index (χ4n) is 2.73. The van der Waals surface area contributed by atoms with E-state index in [4.69, 9.17) is 4.74 Å². The Balaban J connectivity index is 1.78. The molecule has 18 heavy (non-hydrogen) atoms. The van der Waals surface area contributed by atoms with E-state index in [1.54, 1.807) is 0 Å². The normalized spacial score (nSPS) is 18.3. The summed E-state index contributed by atoms with van der Waals surface area (Å²) in [5.41, 5.74) is 0.355. The molecule has 0 aliphatic heterocycles. The van der Waals surface area contributed by atoms with Gasteiger partial charge in [-0.1, -0.05) is 44.4 Å². The van der Waals surface area contributed by atoms with Crippen molar-refractivity contribution in [1.82, 2.24) is 0 Å². The van der Waals surface area contributed by atoms with E-state index >= 15 is 0 Å². The number of rotatable bonds is 4. The van der Waals surface area contributed by atoms with Gasteiger partial charge in [0.15, 0.2) is 0 Å². The van der Waals surface area contributed by atoms with E-state index in [1.807, 2.05) is 30.3 Å². The molecule has 0 amide bonds. The molecular formula is C16H22O2. The Kier molecular flexibility index (Phi) is 4.40. The molecule has 1 aromatic carbocycles. The number of carbonyl (C=O) groups is 1. The Labute approximate surface area is 109 Å². The quantitative estimate of drug-likeness (QED) is 0.583. The van der Waals surface area contributed by atoms with Crippen molar-refractivity contribution < 1.29 is 9.53 Å². The minimum Gasteiger partial charge on any atom is -0.427 e. The van der Waals surface area contributed by atoms with Crippen LogP contribution in [0.15, 0.2) is 30.3 Å². The van der Waals surface area contributed by atoms with Gasteiger partial charge in [0.1, 0.15) is 5.75 Å². The van der Waals surface area contributed by atoms with Gasteiger partial charge in [-0.25, -0.2) is 0 Å². The van der Waals surface area contributed by atoms with Gasteiger partial charge in [-0.3, -0.25) is 4.79 Å². The minimum absolute atomic E-state index is 0.104. The first-order valence-corrected chi connectivity index (χ1v) is 6.94. The first-order chi connectivity index (χ1) is 8.68. The van der Waals surface area contributed by atoms with Crippen LogP contribution in [0.2, 0.25) is 0 Å². The Morgan fingerprint density at radius 3 is 2.50 bits per heavy atom. The van der Waals surface area contributed by atoms with Crippen molar-refractivity contribution in [2.45, 2.75) is 51.9 Å². The highest BCUT2D eigenvalue weighted by molar-refractivity contribution is 5.72. The van der Waals surface area contributed by atoms with Gasteiger partial charge in [0.25, 0.3) is 0 Å². The summed E-state index contributed by atoms with van der Waals surface area (Å²) >= 11 is 0. The summed E-state index contributed by atoms with van der Waals surface area (Å²) in [4.78, 5) is 11.8. The number of esters is 1. The standard InChI is InChI=1S/C16H22O2/c1-16(11-6-3-7-12-16)13-10-15(17)18-14-8-4-2-5-9-14/h2,4-5,8-9H,3,6-7,10-13H2,1H3. The molecule has 2 nitrogen and oxygen atoms in total. The maximum absolute atomic E-state index is 11.8. The third-order valence-corrected chi connectivity index (χ3v) is 3.97. The summed E-state index contributed by atoms with van der Waals surface area (Å²) in [5, 5.41) is 0. The molecule has 1 aromatic rings. The summed E-state index contributed by atoms with van der Waals surface area (Å²) in [6.07, 6.45) is 7.97. The largest absolute Gasteiger partial charge is 0.427 e. The average molecular weight is 246 g/mol. The maximum Gasteiger partial charge on any atom is 0.311 e. The van der Waals surface area contributed by atoms with Crippen LogP contribution in [0.25, 0.3) is 0 Å². The van der Waals surface area contributed by atoms with E-state index in [2.05, 4.69) is 6.92 Å². The molecular weight excluding hydrogens is 224 g/mol. The fourth-order valence-corrected chi connectivity index (χ4v) is 2.73. The molecule has 1 fully saturated rings. The third-order valence-electron chi connectivity index (χ3n) is 3.97. The molecule has 0 aromatic heterocycles. The number of benzene rings is 1. The first kappa shape index (κ1) is 13.1. The molecule has 2 rings (SSSR count). The predicted molar refractivity (Wildman–Crippen MR) is 72.5 cm³/mol. The van der Waals surface area contributed by atoms with Crippen LogP contribution in [0, 0.1) is 5.41 Å². The van der Waals surface area contributed by atoms with Crippen molar-refractivity contribution in [2.24, 2.45) is 5.41 Å². The van der Waals surface area contributed by atoms with Gasteiger partial charge in [-0.05, 0) is 36.8 Å². The fraction of sp³-hybridized carbons (Fsp3) is 0.562. The van der Waals surface area contributed by atoms with E-state index < -0.39 is 0 Å². The second kappa shape index (κ2) is 6.03. The molecule has 1 saturated carbocycles. The zero-order valence-electron chi connectivity index (χ0n) is 11.2. The lowest BCUT2D eigenvalue weighted by atomic mass is 9.73. The topological polar surface area (TPSA) is 26.3 Å². The molecule has 0 N–H and O–H groups in total. The lowest BCUT2D eigenvalue weighted by molar-refractivity contribution is -0.135. The second-order valence-electron chi connectivity index (χ2n) is 5.66. The zero-order chi connectivity index (χ0) is 12.8. The van der Waals surface area contributed by atoms with Crippen molar-refractivity contribution in [3.05, 3.63) is 30.3 Å². The van der Waals surface area contributed by atoms with Gasteiger partial charge >= 0.3 is 5.97 Å². The van der Waals surface area contributed by atoms with E-state index in [0.717, 1.165) is 6.42 Å². The van der Waals surface area contributed by atoms with Crippen molar-refractivity contribution in [2.75, 3.05) is 0 Å². The predicted octanol–water partition coefficient (Wildman–Crippen LogP) is 4.34. The Bertz CT molecular complexity index is 377. The monoisotopic (exact) mass is 246 g/mol. The van der Waals surface area contributed by atoms with E-state index in [0.29, 0.717) is 17.6 Å². The minimum atomic E-state index is -0.104. The van der Waals surface area contributed by atoms with Crippen molar-refractivity contribution in [3.63, 3.8) is 0 Å². The van der Waals surface area contributed by atoms with Gasteiger partial charge < -0.3 is 4.74 Å². The molecule has 0 unspecified atom stereocenters. The van der Waals surface area contributed by atoms with Gasteiger partial charge in [0.2, 0.25) is 0 Å². The highest BCUT2D eigenvalue weighted by Gasteiger charge is 2.27. The smallest absolute Gasteiger partial charge is 0.311 e. The molecule has 0 radical (unpaired) electrons. The van der Waals surface area contributed by atoms with Crippen LogP contribution in [0.5, 0.6) is 5.75 Å². The number of carbonyl (C=O) groups excluding carboxylic acids is 1. The molecule has 98 valence electrons. The molecule has 0 spiro atoms. The van der Waals surface area contributed by atoms with Crippen LogP contribution < -0.4 is 4.74 Å². The highest BCUT2D eigenvalue weighted by atomic mass is 16.5. The maximum atomic E-state index is 11.8. The van der Waals surface area contributed by atoms with Gasteiger partial charge in [0, 0.05) is 6.42 Å². The van der Waals surface area contributed by atoms with Crippen LogP contribution in [0.4, 0.5) is 0 Å². The number of ether oxygens (including phenoxy) is 1. The van der Waals surface area contributed by atoms with Crippen molar-refractivity contribution >= 4 is 5.97 Å². The van der Waals surface area contributed by atoms with Gasteiger partial charge in [-0.2, -0.15) is 0 Å². The van der Waals surface area contributed by atoms with E-state index in [9.17, 15) is 4.79 Å².